The molecule has 0 amide bonds. The summed E-state index contributed by atoms with van der Waals surface area (Å²) in [4.78, 5) is 19.0. The van der Waals surface area contributed by atoms with Crippen LogP contribution in [-0.2, 0) is 0 Å². The highest BCUT2D eigenvalue weighted by Gasteiger charge is 2.15. The first-order valence-corrected chi connectivity index (χ1v) is 9.68. The summed E-state index contributed by atoms with van der Waals surface area (Å²) in [6.07, 6.45) is 1.34. The van der Waals surface area contributed by atoms with Gasteiger partial charge < -0.3 is 9.84 Å². The van der Waals surface area contributed by atoms with Crippen molar-refractivity contribution in [2.24, 2.45) is 5.10 Å². The SMILES string of the molecule is COc1cc(Br)c(Br)c(C=NNc2nc(-c3ccccc3)c(C#N)c(=O)[nH]2)c1O. The topological polar surface area (TPSA) is 123 Å². The van der Waals surface area contributed by atoms with E-state index in [0.717, 1.165) is 0 Å². The summed E-state index contributed by atoms with van der Waals surface area (Å²) >= 11 is 6.72. The molecule has 146 valence electrons. The fourth-order valence-electron chi connectivity index (χ4n) is 2.48. The van der Waals surface area contributed by atoms with Crippen molar-refractivity contribution in [1.29, 1.82) is 5.26 Å². The number of nitrogens with zero attached hydrogens (tertiary/aromatic N) is 3. The number of aromatic hydroxyl groups is 1. The lowest BCUT2D eigenvalue weighted by Gasteiger charge is -2.10. The summed E-state index contributed by atoms with van der Waals surface area (Å²) < 4.78 is 6.34. The minimum atomic E-state index is -0.591. The van der Waals surface area contributed by atoms with Gasteiger partial charge in [0, 0.05) is 14.5 Å². The zero-order valence-corrected chi connectivity index (χ0v) is 18.1. The third kappa shape index (κ3) is 4.31. The molecule has 0 saturated heterocycles. The summed E-state index contributed by atoms with van der Waals surface area (Å²) in [6, 6.07) is 12.4. The Hall–Kier alpha value is -3.16. The molecule has 0 fully saturated rings. The van der Waals surface area contributed by atoms with Crippen LogP contribution >= 0.6 is 31.9 Å². The van der Waals surface area contributed by atoms with Gasteiger partial charge in [-0.05, 0) is 37.9 Å². The molecule has 1 heterocycles. The Morgan fingerprint density at radius 2 is 2.07 bits per heavy atom. The number of anilines is 1. The molecule has 0 spiro atoms. The maximum Gasteiger partial charge on any atom is 0.270 e. The first-order valence-electron chi connectivity index (χ1n) is 8.10. The highest BCUT2D eigenvalue weighted by atomic mass is 79.9. The van der Waals surface area contributed by atoms with Gasteiger partial charge in [0.1, 0.15) is 11.6 Å². The molecule has 0 aliphatic heterocycles. The average molecular weight is 519 g/mol. The molecule has 0 aliphatic carbocycles. The van der Waals surface area contributed by atoms with Crippen LogP contribution in [-0.4, -0.2) is 28.4 Å². The number of hydrazone groups is 1. The predicted octanol–water partition coefficient (Wildman–Crippen LogP) is 3.99. The molecule has 8 nitrogen and oxygen atoms in total. The van der Waals surface area contributed by atoms with E-state index >= 15 is 0 Å². The summed E-state index contributed by atoms with van der Waals surface area (Å²) in [5.41, 5.74) is 3.14. The van der Waals surface area contributed by atoms with E-state index in [9.17, 15) is 15.2 Å². The van der Waals surface area contributed by atoms with Gasteiger partial charge in [-0.1, -0.05) is 30.3 Å². The number of hydrogen-bond acceptors (Lipinski definition) is 7. The molecule has 10 heteroatoms. The second kappa shape index (κ2) is 8.89. The molecule has 0 unspecified atom stereocenters. The minimum absolute atomic E-state index is 0.0432. The quantitative estimate of drug-likeness (QED) is 0.346. The number of rotatable bonds is 5. The van der Waals surface area contributed by atoms with Crippen molar-refractivity contribution in [2.45, 2.75) is 0 Å². The number of methoxy groups -OCH3 is 1. The molecule has 0 atom stereocenters. The van der Waals surface area contributed by atoms with Gasteiger partial charge >= 0.3 is 0 Å². The Morgan fingerprint density at radius 1 is 1.34 bits per heavy atom. The zero-order chi connectivity index (χ0) is 21.0. The van der Waals surface area contributed by atoms with E-state index < -0.39 is 5.56 Å². The van der Waals surface area contributed by atoms with Crippen molar-refractivity contribution in [1.82, 2.24) is 9.97 Å². The van der Waals surface area contributed by atoms with Crippen LogP contribution in [0.2, 0.25) is 0 Å². The number of nitrogens with one attached hydrogen (secondary N) is 2. The monoisotopic (exact) mass is 517 g/mol. The number of H-pyrrole nitrogens is 1. The number of nitriles is 1. The van der Waals surface area contributed by atoms with Gasteiger partial charge in [-0.3, -0.25) is 9.78 Å². The van der Waals surface area contributed by atoms with Gasteiger partial charge in [-0.15, -0.1) is 0 Å². The third-order valence-corrected chi connectivity index (χ3v) is 5.87. The summed E-state index contributed by atoms with van der Waals surface area (Å²) in [5.74, 6) is 0.193. The van der Waals surface area contributed by atoms with Crippen molar-refractivity contribution < 1.29 is 9.84 Å². The number of phenolic OH excluding ortho intramolecular Hbond substituents is 1. The number of halogens is 2. The van der Waals surface area contributed by atoms with Crippen LogP contribution in [0.3, 0.4) is 0 Å². The molecule has 2 aromatic carbocycles. The van der Waals surface area contributed by atoms with E-state index in [0.29, 0.717) is 20.1 Å². The summed E-state index contributed by atoms with van der Waals surface area (Å²) in [7, 11) is 1.44. The van der Waals surface area contributed by atoms with Crippen LogP contribution < -0.4 is 15.7 Å². The largest absolute Gasteiger partial charge is 0.504 e. The Bertz CT molecular complexity index is 1190. The lowest BCUT2D eigenvalue weighted by molar-refractivity contribution is 0.372. The van der Waals surface area contributed by atoms with Crippen LogP contribution in [0.5, 0.6) is 11.5 Å². The third-order valence-electron chi connectivity index (χ3n) is 3.85. The molecule has 0 aliphatic rings. The maximum atomic E-state index is 12.3. The number of aromatic nitrogens is 2. The minimum Gasteiger partial charge on any atom is -0.504 e. The second-order valence-electron chi connectivity index (χ2n) is 5.62. The van der Waals surface area contributed by atoms with Crippen molar-refractivity contribution in [3.8, 4) is 28.8 Å². The van der Waals surface area contributed by atoms with Gasteiger partial charge in [0.2, 0.25) is 5.95 Å². The Balaban J connectivity index is 1.97. The van der Waals surface area contributed by atoms with Crippen molar-refractivity contribution >= 4 is 44.0 Å². The average Bonchev–Trinajstić information content (AvgIpc) is 2.73. The summed E-state index contributed by atoms with van der Waals surface area (Å²) in [5, 5.41) is 23.6. The van der Waals surface area contributed by atoms with E-state index in [4.69, 9.17) is 4.74 Å². The van der Waals surface area contributed by atoms with Gasteiger partial charge in [0.05, 0.1) is 24.6 Å². The molecule has 0 saturated carbocycles. The lowest BCUT2D eigenvalue weighted by Crippen LogP contribution is -2.16. The molecule has 0 bridgehead atoms. The predicted molar refractivity (Wildman–Crippen MR) is 116 cm³/mol. The normalized spacial score (nSPS) is 10.7. The standard InChI is InChI=1S/C19H13Br2N5O3/c1-29-14-7-13(20)15(21)12(17(14)27)9-23-26-19-24-16(10-5-3-2-4-6-10)11(8-22)18(28)25-19/h2-7,9,27H,1H3,(H2,24,25,26,28). The molecular formula is C19H13Br2N5O3. The molecular weight excluding hydrogens is 506 g/mol. The Morgan fingerprint density at radius 3 is 2.72 bits per heavy atom. The van der Waals surface area contributed by atoms with E-state index in [-0.39, 0.29) is 28.7 Å². The molecule has 0 radical (unpaired) electrons. The Labute approximate surface area is 182 Å². The first-order chi connectivity index (χ1) is 14.0. The van der Waals surface area contributed by atoms with Gasteiger partial charge in [0.25, 0.3) is 5.56 Å². The van der Waals surface area contributed by atoms with Crippen LogP contribution in [0, 0.1) is 11.3 Å². The van der Waals surface area contributed by atoms with E-state index in [1.54, 1.807) is 30.3 Å². The van der Waals surface area contributed by atoms with Crippen LogP contribution in [0.25, 0.3) is 11.3 Å². The van der Waals surface area contributed by atoms with Crippen LogP contribution in [0.15, 0.2) is 55.2 Å². The van der Waals surface area contributed by atoms with Gasteiger partial charge in [0.15, 0.2) is 11.5 Å². The molecule has 3 N–H and O–H groups in total. The number of phenols is 1. The number of ether oxygens (including phenoxy) is 1. The van der Waals surface area contributed by atoms with Crippen molar-refractivity contribution in [3.63, 3.8) is 0 Å². The lowest BCUT2D eigenvalue weighted by atomic mass is 10.1. The highest BCUT2D eigenvalue weighted by Crippen LogP contribution is 2.39. The molecule has 1 aromatic heterocycles. The van der Waals surface area contributed by atoms with Crippen LogP contribution in [0.4, 0.5) is 5.95 Å². The number of hydrogen-bond donors (Lipinski definition) is 3. The summed E-state index contributed by atoms with van der Waals surface area (Å²) in [6.45, 7) is 0. The second-order valence-corrected chi connectivity index (χ2v) is 7.27. The molecule has 29 heavy (non-hydrogen) atoms. The first kappa shape index (κ1) is 20.6. The van der Waals surface area contributed by atoms with Crippen molar-refractivity contribution in [3.05, 3.63) is 66.8 Å². The van der Waals surface area contributed by atoms with Crippen molar-refractivity contribution in [2.75, 3.05) is 12.5 Å². The number of benzene rings is 2. The fourth-order valence-corrected chi connectivity index (χ4v) is 3.30. The maximum absolute atomic E-state index is 12.3. The van der Waals surface area contributed by atoms with E-state index in [1.807, 2.05) is 12.1 Å². The molecule has 3 aromatic rings. The van der Waals surface area contributed by atoms with Crippen LogP contribution in [0.1, 0.15) is 11.1 Å². The van der Waals surface area contributed by atoms with Gasteiger partial charge in [-0.2, -0.15) is 10.4 Å². The zero-order valence-electron chi connectivity index (χ0n) is 14.9. The Kier molecular flexibility index (Phi) is 6.31. The smallest absolute Gasteiger partial charge is 0.270 e. The van der Waals surface area contributed by atoms with E-state index in [2.05, 4.69) is 52.4 Å². The molecule has 3 rings (SSSR count). The fraction of sp³-hybridized carbons (Fsp3) is 0.0526. The number of aromatic amines is 1. The van der Waals surface area contributed by atoms with Gasteiger partial charge in [-0.25, -0.2) is 10.4 Å². The van der Waals surface area contributed by atoms with E-state index in [1.165, 1.54) is 13.3 Å². The highest BCUT2D eigenvalue weighted by molar-refractivity contribution is 9.13.